The van der Waals surface area contributed by atoms with Crippen LogP contribution in [-0.4, -0.2) is 49.9 Å². The van der Waals surface area contributed by atoms with Gasteiger partial charge in [-0.2, -0.15) is 5.10 Å². The molecule has 3 rings (SSSR count). The van der Waals surface area contributed by atoms with Crippen LogP contribution in [-0.2, 0) is 16.1 Å². The number of morpholine rings is 1. The first-order chi connectivity index (χ1) is 14.0. The van der Waals surface area contributed by atoms with E-state index in [0.29, 0.717) is 24.3 Å². The molecular formula is C20H20Cl2FN3O3. The van der Waals surface area contributed by atoms with Crippen molar-refractivity contribution in [2.75, 3.05) is 32.8 Å². The number of hydrogen-bond donors (Lipinski definition) is 1. The second-order valence-corrected chi connectivity index (χ2v) is 7.19. The molecule has 6 nitrogen and oxygen atoms in total. The molecule has 0 atom stereocenters. The Kier molecular flexibility index (Phi) is 7.83. The molecule has 1 saturated heterocycles. The molecule has 0 spiro atoms. The van der Waals surface area contributed by atoms with E-state index in [1.165, 1.54) is 12.3 Å². The topological polar surface area (TPSA) is 63.2 Å². The summed E-state index contributed by atoms with van der Waals surface area (Å²) < 4.78 is 24.5. The molecule has 1 fully saturated rings. The number of carbonyl (C=O) groups excluding carboxylic acids is 1. The third-order valence-electron chi connectivity index (χ3n) is 4.22. The number of ether oxygens (including phenoxy) is 2. The first-order valence-electron chi connectivity index (χ1n) is 9.00. The van der Waals surface area contributed by atoms with Gasteiger partial charge in [0.2, 0.25) is 0 Å². The Labute approximate surface area is 178 Å². The largest absolute Gasteiger partial charge is 0.486 e. The predicted molar refractivity (Wildman–Crippen MR) is 110 cm³/mol. The molecular weight excluding hydrogens is 420 g/mol. The van der Waals surface area contributed by atoms with E-state index < -0.39 is 0 Å². The zero-order valence-electron chi connectivity index (χ0n) is 15.5. The number of hydrazone groups is 1. The summed E-state index contributed by atoms with van der Waals surface area (Å²) in [6.45, 7) is 2.94. The average Bonchev–Trinajstić information content (AvgIpc) is 2.69. The first-order valence-corrected chi connectivity index (χ1v) is 9.76. The number of carbonyl (C=O) groups is 1. The molecule has 0 radical (unpaired) electrons. The fourth-order valence-electron chi connectivity index (χ4n) is 2.73. The Bertz CT molecular complexity index is 866. The zero-order valence-corrected chi connectivity index (χ0v) is 17.0. The Morgan fingerprint density at radius 1 is 1.24 bits per heavy atom. The summed E-state index contributed by atoms with van der Waals surface area (Å²) in [7, 11) is 0. The van der Waals surface area contributed by atoms with Crippen molar-refractivity contribution in [1.82, 2.24) is 10.3 Å². The van der Waals surface area contributed by atoms with Gasteiger partial charge in [-0.1, -0.05) is 41.4 Å². The van der Waals surface area contributed by atoms with Gasteiger partial charge < -0.3 is 9.47 Å². The van der Waals surface area contributed by atoms with Crippen molar-refractivity contribution in [1.29, 1.82) is 0 Å². The molecule has 0 saturated carbocycles. The van der Waals surface area contributed by atoms with Crippen molar-refractivity contribution in [2.24, 2.45) is 5.10 Å². The van der Waals surface area contributed by atoms with Crippen molar-refractivity contribution in [3.05, 3.63) is 63.4 Å². The van der Waals surface area contributed by atoms with Gasteiger partial charge in [-0.3, -0.25) is 9.69 Å². The van der Waals surface area contributed by atoms with E-state index in [2.05, 4.69) is 10.5 Å². The number of amides is 1. The number of benzene rings is 2. The van der Waals surface area contributed by atoms with Gasteiger partial charge in [0.1, 0.15) is 12.4 Å². The van der Waals surface area contributed by atoms with E-state index in [1.54, 1.807) is 30.3 Å². The summed E-state index contributed by atoms with van der Waals surface area (Å²) in [5.41, 5.74) is 3.46. The van der Waals surface area contributed by atoms with Gasteiger partial charge >= 0.3 is 0 Å². The minimum Gasteiger partial charge on any atom is -0.486 e. The van der Waals surface area contributed by atoms with Crippen LogP contribution < -0.4 is 10.2 Å². The molecule has 0 aliphatic carbocycles. The summed E-state index contributed by atoms with van der Waals surface area (Å²) in [5, 5.41) is 4.45. The third kappa shape index (κ3) is 6.40. The van der Waals surface area contributed by atoms with Crippen LogP contribution in [0.15, 0.2) is 41.5 Å². The zero-order chi connectivity index (χ0) is 20.6. The summed E-state index contributed by atoms with van der Waals surface area (Å²) in [5.74, 6) is -0.327. The van der Waals surface area contributed by atoms with Gasteiger partial charge in [0.05, 0.1) is 36.0 Å². The van der Waals surface area contributed by atoms with Gasteiger partial charge in [0, 0.05) is 18.7 Å². The fourth-order valence-corrected chi connectivity index (χ4v) is 3.35. The molecule has 1 amide bonds. The maximum Gasteiger partial charge on any atom is 0.254 e. The second kappa shape index (κ2) is 10.5. The minimum atomic E-state index is -0.365. The van der Waals surface area contributed by atoms with E-state index in [0.717, 1.165) is 13.1 Å². The van der Waals surface area contributed by atoms with Crippen LogP contribution >= 0.6 is 23.2 Å². The highest BCUT2D eigenvalue weighted by Gasteiger charge is 2.14. The van der Waals surface area contributed by atoms with Gasteiger partial charge in [0.25, 0.3) is 5.91 Å². The van der Waals surface area contributed by atoms with Crippen LogP contribution in [0.4, 0.5) is 4.39 Å². The molecule has 1 aliphatic heterocycles. The Hall–Kier alpha value is -2.19. The molecule has 1 heterocycles. The van der Waals surface area contributed by atoms with Crippen LogP contribution in [0, 0.1) is 5.82 Å². The van der Waals surface area contributed by atoms with Gasteiger partial charge in [-0.05, 0) is 23.8 Å². The molecule has 9 heteroatoms. The number of nitrogens with one attached hydrogen (secondary N) is 1. The van der Waals surface area contributed by atoms with Gasteiger partial charge in [-0.15, -0.1) is 0 Å². The molecule has 2 aromatic rings. The quantitative estimate of drug-likeness (QED) is 0.529. The van der Waals surface area contributed by atoms with Crippen molar-refractivity contribution in [3.8, 4) is 5.75 Å². The van der Waals surface area contributed by atoms with E-state index >= 15 is 0 Å². The fraction of sp³-hybridized carbons (Fsp3) is 0.300. The highest BCUT2D eigenvalue weighted by Crippen LogP contribution is 2.34. The van der Waals surface area contributed by atoms with Crippen LogP contribution in [0.25, 0.3) is 0 Å². The van der Waals surface area contributed by atoms with Crippen molar-refractivity contribution in [3.63, 3.8) is 0 Å². The number of hydrogen-bond acceptors (Lipinski definition) is 5. The molecule has 1 aliphatic rings. The van der Waals surface area contributed by atoms with Crippen LogP contribution in [0.3, 0.4) is 0 Å². The predicted octanol–water partition coefficient (Wildman–Crippen LogP) is 3.49. The smallest absolute Gasteiger partial charge is 0.254 e. The van der Waals surface area contributed by atoms with E-state index in [-0.39, 0.29) is 40.7 Å². The summed E-state index contributed by atoms with van der Waals surface area (Å²) in [4.78, 5) is 13.9. The van der Waals surface area contributed by atoms with Gasteiger partial charge in [0.15, 0.2) is 5.75 Å². The van der Waals surface area contributed by atoms with Crippen LogP contribution in [0.5, 0.6) is 5.75 Å². The minimum absolute atomic E-state index is 0.00283. The summed E-state index contributed by atoms with van der Waals surface area (Å²) in [6, 6.07) is 9.50. The summed E-state index contributed by atoms with van der Waals surface area (Å²) >= 11 is 12.5. The lowest BCUT2D eigenvalue weighted by atomic mass is 10.2. The van der Waals surface area contributed by atoms with Crippen molar-refractivity contribution in [2.45, 2.75) is 6.61 Å². The van der Waals surface area contributed by atoms with E-state index in [9.17, 15) is 9.18 Å². The lowest BCUT2D eigenvalue weighted by Crippen LogP contribution is -2.42. The molecule has 29 heavy (non-hydrogen) atoms. The average molecular weight is 440 g/mol. The summed E-state index contributed by atoms with van der Waals surface area (Å²) in [6.07, 6.45) is 1.44. The second-order valence-electron chi connectivity index (χ2n) is 6.38. The maximum absolute atomic E-state index is 13.7. The SMILES string of the molecule is O=C(CN1CCOCC1)N/N=C\c1cc(Cl)c(OCc2ccccc2F)c(Cl)c1. The molecule has 0 aromatic heterocycles. The maximum atomic E-state index is 13.7. The normalized spacial score (nSPS) is 14.9. The van der Waals surface area contributed by atoms with Gasteiger partial charge in [-0.25, -0.2) is 9.82 Å². The molecule has 2 aromatic carbocycles. The van der Waals surface area contributed by atoms with Crippen LogP contribution in [0.2, 0.25) is 10.0 Å². The Balaban J connectivity index is 1.56. The van der Waals surface area contributed by atoms with Crippen molar-refractivity contribution >= 4 is 35.3 Å². The standard InChI is InChI=1S/C20H20Cl2FN3O3/c21-16-9-14(11-24-25-19(27)12-26-5-7-28-8-6-26)10-17(22)20(16)29-13-15-3-1-2-4-18(15)23/h1-4,9-11H,5-8,12-13H2,(H,25,27)/b24-11-. The van der Waals surface area contributed by atoms with Crippen LogP contribution in [0.1, 0.15) is 11.1 Å². The number of halogens is 3. The number of nitrogens with zero attached hydrogens (tertiary/aromatic N) is 2. The highest BCUT2D eigenvalue weighted by atomic mass is 35.5. The van der Waals surface area contributed by atoms with E-state index in [4.69, 9.17) is 32.7 Å². The lowest BCUT2D eigenvalue weighted by molar-refractivity contribution is -0.123. The molecule has 0 bridgehead atoms. The molecule has 154 valence electrons. The van der Waals surface area contributed by atoms with Crippen molar-refractivity contribution < 1.29 is 18.7 Å². The Morgan fingerprint density at radius 3 is 2.62 bits per heavy atom. The van der Waals surface area contributed by atoms with E-state index in [1.807, 2.05) is 4.90 Å². The lowest BCUT2D eigenvalue weighted by Gasteiger charge is -2.25. The highest BCUT2D eigenvalue weighted by molar-refractivity contribution is 6.37. The monoisotopic (exact) mass is 439 g/mol. The third-order valence-corrected chi connectivity index (χ3v) is 4.79. The Morgan fingerprint density at radius 2 is 1.93 bits per heavy atom. The number of rotatable bonds is 7. The molecule has 0 unspecified atom stereocenters. The first kappa shape index (κ1) is 21.5. The molecule has 1 N–H and O–H groups in total.